The molecule has 2 aromatic heterocycles. The van der Waals surface area contributed by atoms with Gasteiger partial charge in [0.05, 0.1) is 0 Å². The number of benzene rings is 2. The first-order valence-corrected chi connectivity index (χ1v) is 8.71. The van der Waals surface area contributed by atoms with E-state index in [-0.39, 0.29) is 12.7 Å². The fraction of sp³-hybridized carbons (Fsp3) is 0.0952. The van der Waals surface area contributed by atoms with Gasteiger partial charge in [-0.1, -0.05) is 6.07 Å². The molecule has 0 radical (unpaired) electrons. The van der Waals surface area contributed by atoms with E-state index in [1.54, 1.807) is 30.5 Å². The Morgan fingerprint density at radius 3 is 2.86 bits per heavy atom. The lowest BCUT2D eigenvalue weighted by Crippen LogP contribution is -2.12. The van der Waals surface area contributed by atoms with Crippen LogP contribution in [-0.4, -0.2) is 22.7 Å². The van der Waals surface area contributed by atoms with E-state index >= 15 is 0 Å². The number of anilines is 1. The maximum absolute atomic E-state index is 12.7. The molecule has 0 aliphatic carbocycles. The van der Waals surface area contributed by atoms with Crippen LogP contribution in [-0.2, 0) is 0 Å². The van der Waals surface area contributed by atoms with Crippen molar-refractivity contribution in [3.05, 3.63) is 65.9 Å². The van der Waals surface area contributed by atoms with Crippen molar-refractivity contribution in [3.8, 4) is 23.0 Å². The molecular weight excluding hydrogens is 358 g/mol. The molecule has 1 amide bonds. The predicted molar refractivity (Wildman–Crippen MR) is 102 cm³/mol. The zero-order chi connectivity index (χ0) is 19.1. The van der Waals surface area contributed by atoms with Gasteiger partial charge in [0.15, 0.2) is 22.7 Å². The summed E-state index contributed by atoms with van der Waals surface area (Å²) in [4.78, 5) is 21.3. The predicted octanol–water partition coefficient (Wildman–Crippen LogP) is 4.18. The first kappa shape index (κ1) is 16.3. The summed E-state index contributed by atoms with van der Waals surface area (Å²) in [6, 6.07) is 14.4. The number of aromatic nitrogens is 2. The lowest BCUT2D eigenvalue weighted by atomic mass is 10.1. The van der Waals surface area contributed by atoms with Crippen LogP contribution in [0.5, 0.6) is 11.5 Å². The molecule has 0 saturated carbocycles. The smallest absolute Gasteiger partial charge is 0.255 e. The highest BCUT2D eigenvalue weighted by Crippen LogP contribution is 2.33. The first-order chi connectivity index (χ1) is 13.7. The molecule has 1 aliphatic rings. The van der Waals surface area contributed by atoms with Crippen LogP contribution < -0.4 is 14.8 Å². The molecular formula is C21H15N3O4. The number of rotatable bonds is 3. The highest BCUT2D eigenvalue weighted by atomic mass is 16.7. The SMILES string of the molecule is Cc1ccc(-c2nc3ncccc3o2)cc1NC(=O)c1ccc2c(c1)OCO2. The minimum absolute atomic E-state index is 0.168. The molecule has 1 aliphatic heterocycles. The van der Waals surface area contributed by atoms with E-state index in [0.717, 1.165) is 11.1 Å². The third kappa shape index (κ3) is 2.83. The van der Waals surface area contributed by atoms with Crippen LogP contribution in [0.25, 0.3) is 22.7 Å². The largest absolute Gasteiger partial charge is 0.454 e. The maximum atomic E-state index is 12.7. The fourth-order valence-electron chi connectivity index (χ4n) is 3.01. The highest BCUT2D eigenvalue weighted by Gasteiger charge is 2.17. The number of pyridine rings is 1. The van der Waals surface area contributed by atoms with Gasteiger partial charge in [-0.2, -0.15) is 4.98 Å². The molecule has 2 aromatic carbocycles. The molecule has 0 saturated heterocycles. The summed E-state index contributed by atoms with van der Waals surface area (Å²) in [5.41, 5.74) is 4.00. The molecule has 0 fully saturated rings. The summed E-state index contributed by atoms with van der Waals surface area (Å²) in [5.74, 6) is 1.42. The van der Waals surface area contributed by atoms with E-state index in [9.17, 15) is 4.79 Å². The summed E-state index contributed by atoms with van der Waals surface area (Å²) in [6.45, 7) is 2.09. The van der Waals surface area contributed by atoms with Crippen molar-refractivity contribution in [1.82, 2.24) is 9.97 Å². The number of fused-ring (bicyclic) bond motifs is 2. The number of carbonyl (C=O) groups is 1. The second-order valence-electron chi connectivity index (χ2n) is 6.40. The molecule has 0 unspecified atom stereocenters. The zero-order valence-electron chi connectivity index (χ0n) is 14.9. The Morgan fingerprint density at radius 1 is 1.07 bits per heavy atom. The number of oxazole rings is 1. The van der Waals surface area contributed by atoms with Crippen molar-refractivity contribution < 1.29 is 18.7 Å². The van der Waals surface area contributed by atoms with Crippen LogP contribution in [0.4, 0.5) is 5.69 Å². The average Bonchev–Trinajstić information content (AvgIpc) is 3.35. The molecule has 7 nitrogen and oxygen atoms in total. The normalized spacial score (nSPS) is 12.3. The fourth-order valence-corrected chi connectivity index (χ4v) is 3.01. The number of amides is 1. The van der Waals surface area contributed by atoms with Crippen molar-refractivity contribution in [2.45, 2.75) is 6.92 Å². The average molecular weight is 373 g/mol. The van der Waals surface area contributed by atoms with E-state index in [2.05, 4.69) is 15.3 Å². The molecule has 7 heteroatoms. The lowest BCUT2D eigenvalue weighted by Gasteiger charge is -2.10. The van der Waals surface area contributed by atoms with E-state index in [1.165, 1.54) is 0 Å². The van der Waals surface area contributed by atoms with E-state index < -0.39 is 0 Å². The summed E-state index contributed by atoms with van der Waals surface area (Å²) >= 11 is 0. The Bertz CT molecular complexity index is 1180. The molecule has 0 bridgehead atoms. The molecule has 0 atom stereocenters. The Morgan fingerprint density at radius 2 is 1.96 bits per heavy atom. The minimum atomic E-state index is -0.238. The van der Waals surface area contributed by atoms with Crippen molar-refractivity contribution in [1.29, 1.82) is 0 Å². The van der Waals surface area contributed by atoms with Crippen molar-refractivity contribution in [2.75, 3.05) is 12.1 Å². The lowest BCUT2D eigenvalue weighted by molar-refractivity contribution is 0.102. The Hall–Kier alpha value is -3.87. The second kappa shape index (κ2) is 6.38. The molecule has 4 aromatic rings. The summed E-state index contributed by atoms with van der Waals surface area (Å²) < 4.78 is 16.4. The first-order valence-electron chi connectivity index (χ1n) is 8.71. The van der Waals surface area contributed by atoms with Crippen LogP contribution in [0, 0.1) is 6.92 Å². The number of hydrogen-bond donors (Lipinski definition) is 1. The van der Waals surface area contributed by atoms with Gasteiger partial charge in [0.25, 0.3) is 5.91 Å². The van der Waals surface area contributed by atoms with Crippen LogP contribution in [0.15, 0.2) is 59.1 Å². The topological polar surface area (TPSA) is 86.5 Å². The van der Waals surface area contributed by atoms with Gasteiger partial charge in [-0.15, -0.1) is 0 Å². The van der Waals surface area contributed by atoms with Gasteiger partial charge < -0.3 is 19.2 Å². The quantitative estimate of drug-likeness (QED) is 0.580. The van der Waals surface area contributed by atoms with Crippen molar-refractivity contribution >= 4 is 22.8 Å². The third-order valence-electron chi connectivity index (χ3n) is 4.53. The minimum Gasteiger partial charge on any atom is -0.454 e. The second-order valence-corrected chi connectivity index (χ2v) is 6.40. The summed E-state index contributed by atoms with van der Waals surface area (Å²) in [6.07, 6.45) is 1.67. The van der Waals surface area contributed by atoms with E-state index in [4.69, 9.17) is 13.9 Å². The zero-order valence-corrected chi connectivity index (χ0v) is 14.9. The number of nitrogens with one attached hydrogen (secondary N) is 1. The van der Waals surface area contributed by atoms with Gasteiger partial charge in [0.2, 0.25) is 12.7 Å². The molecule has 0 spiro atoms. The van der Waals surface area contributed by atoms with Gasteiger partial charge in [0.1, 0.15) is 0 Å². The molecule has 28 heavy (non-hydrogen) atoms. The van der Waals surface area contributed by atoms with E-state index in [0.29, 0.717) is 39.9 Å². The van der Waals surface area contributed by atoms with Crippen LogP contribution in [0.1, 0.15) is 15.9 Å². The molecule has 5 rings (SSSR count). The van der Waals surface area contributed by atoms with Crippen LogP contribution in [0.2, 0.25) is 0 Å². The standard InChI is InChI=1S/C21H15N3O4/c1-12-4-5-14(21-24-19-17(28-21)3-2-8-22-19)9-15(12)23-20(25)13-6-7-16-18(10-13)27-11-26-16/h2-10H,11H2,1H3,(H,23,25). The van der Waals surface area contributed by atoms with Gasteiger partial charge in [0, 0.05) is 23.0 Å². The number of carbonyl (C=O) groups excluding carboxylic acids is 1. The van der Waals surface area contributed by atoms with Gasteiger partial charge >= 0.3 is 0 Å². The number of ether oxygens (including phenoxy) is 2. The highest BCUT2D eigenvalue weighted by molar-refractivity contribution is 6.05. The monoisotopic (exact) mass is 373 g/mol. The summed E-state index contributed by atoms with van der Waals surface area (Å²) in [5, 5.41) is 2.94. The molecule has 3 heterocycles. The van der Waals surface area contributed by atoms with Crippen LogP contribution >= 0.6 is 0 Å². The van der Waals surface area contributed by atoms with Gasteiger partial charge in [-0.3, -0.25) is 4.79 Å². The molecule has 138 valence electrons. The maximum Gasteiger partial charge on any atom is 0.255 e. The Labute approximate surface area is 159 Å². The van der Waals surface area contributed by atoms with Gasteiger partial charge in [-0.25, -0.2) is 4.98 Å². The molecule has 1 N–H and O–H groups in total. The number of aryl methyl sites for hydroxylation is 1. The van der Waals surface area contributed by atoms with Gasteiger partial charge in [-0.05, 0) is 55.0 Å². The Kier molecular flexibility index (Phi) is 3.72. The van der Waals surface area contributed by atoms with Crippen LogP contribution in [0.3, 0.4) is 0 Å². The third-order valence-corrected chi connectivity index (χ3v) is 4.53. The van der Waals surface area contributed by atoms with Crippen molar-refractivity contribution in [3.63, 3.8) is 0 Å². The van der Waals surface area contributed by atoms with E-state index in [1.807, 2.05) is 31.2 Å². The number of nitrogens with zero attached hydrogens (tertiary/aromatic N) is 2. The van der Waals surface area contributed by atoms with Crippen molar-refractivity contribution in [2.24, 2.45) is 0 Å². The summed E-state index contributed by atoms with van der Waals surface area (Å²) in [7, 11) is 0. The Balaban J connectivity index is 1.45. The number of hydrogen-bond acceptors (Lipinski definition) is 6.